The number of nitrogens with two attached hydrogens (primary N) is 1. The number of halogens is 1. The van der Waals surface area contributed by atoms with Crippen LogP contribution >= 0.6 is 0 Å². The van der Waals surface area contributed by atoms with Crippen molar-refractivity contribution in [3.63, 3.8) is 0 Å². The Morgan fingerprint density at radius 3 is 1.76 bits per heavy atom. The van der Waals surface area contributed by atoms with Crippen molar-refractivity contribution in [1.29, 1.82) is 0 Å². The SMILES string of the molecule is CCCCc1cc(-c2ccccc2)cc(-c2ccccc2)[n+]1-c1ccc(S(N)(=O)=O)cc1.[O-][Cl+3]([O-])([O-])[O-]. The smallest absolute Gasteiger partial charge is 0.225 e. The molecule has 0 saturated heterocycles. The highest BCUT2D eigenvalue weighted by atomic mass is 35.7. The zero-order valence-corrected chi connectivity index (χ0v) is 21.7. The molecule has 1 heterocycles. The van der Waals surface area contributed by atoms with E-state index in [4.69, 9.17) is 23.8 Å². The van der Waals surface area contributed by atoms with Gasteiger partial charge in [-0.1, -0.05) is 61.9 Å². The van der Waals surface area contributed by atoms with E-state index < -0.39 is 20.3 Å². The summed E-state index contributed by atoms with van der Waals surface area (Å²) in [4.78, 5) is 0.110. The fourth-order valence-corrected chi connectivity index (χ4v) is 4.42. The molecule has 0 unspecified atom stereocenters. The van der Waals surface area contributed by atoms with E-state index in [2.05, 4.69) is 60.0 Å². The van der Waals surface area contributed by atoms with Crippen LogP contribution in [0.1, 0.15) is 25.5 Å². The van der Waals surface area contributed by atoms with E-state index in [1.165, 1.54) is 11.3 Å². The molecule has 0 radical (unpaired) electrons. The van der Waals surface area contributed by atoms with Crippen molar-refractivity contribution in [2.45, 2.75) is 31.1 Å². The van der Waals surface area contributed by atoms with Gasteiger partial charge in [0, 0.05) is 36.2 Å². The third-order valence-electron chi connectivity index (χ3n) is 5.53. The highest BCUT2D eigenvalue weighted by Crippen LogP contribution is 2.27. The second kappa shape index (κ2) is 12.4. The van der Waals surface area contributed by atoms with Crippen molar-refractivity contribution >= 4 is 10.0 Å². The molecule has 1 aromatic heterocycles. The molecule has 3 aromatic carbocycles. The molecule has 0 bridgehead atoms. The maximum atomic E-state index is 11.7. The highest BCUT2D eigenvalue weighted by molar-refractivity contribution is 7.89. The van der Waals surface area contributed by atoms with Gasteiger partial charge in [0.1, 0.15) is 0 Å². The lowest BCUT2D eigenvalue weighted by Crippen LogP contribution is -2.68. The van der Waals surface area contributed by atoms with Gasteiger partial charge in [-0.3, -0.25) is 0 Å². The molecule has 4 aromatic rings. The fraction of sp³-hybridized carbons (Fsp3) is 0.148. The van der Waals surface area contributed by atoms with E-state index in [1.54, 1.807) is 12.1 Å². The zero-order chi connectivity index (χ0) is 27.1. The molecule has 8 nitrogen and oxygen atoms in total. The monoisotopic (exact) mass is 542 g/mol. The first-order valence-electron chi connectivity index (χ1n) is 11.4. The minimum Gasteiger partial charge on any atom is -0.225 e. The summed E-state index contributed by atoms with van der Waals surface area (Å²) in [5, 5.41) is 5.31. The van der Waals surface area contributed by atoms with Crippen LogP contribution in [0.2, 0.25) is 0 Å². The Hall–Kier alpha value is -3.15. The van der Waals surface area contributed by atoms with Crippen molar-refractivity contribution in [1.82, 2.24) is 0 Å². The van der Waals surface area contributed by atoms with Crippen LogP contribution in [0.15, 0.2) is 102 Å². The summed E-state index contributed by atoms with van der Waals surface area (Å²) in [6, 6.07) is 31.9. The molecule has 0 fully saturated rings. The number of aryl methyl sites for hydroxylation is 1. The Bertz CT molecular complexity index is 1400. The third-order valence-corrected chi connectivity index (χ3v) is 6.46. The van der Waals surface area contributed by atoms with Gasteiger partial charge in [-0.05, 0) is 41.8 Å². The molecule has 2 N–H and O–H groups in total. The number of primary sulfonamides is 1. The lowest BCUT2D eigenvalue weighted by molar-refractivity contribution is -2.00. The molecule has 0 aliphatic carbocycles. The Balaban J connectivity index is 0.000000695. The van der Waals surface area contributed by atoms with E-state index in [0.717, 1.165) is 41.8 Å². The Morgan fingerprint density at radius 1 is 0.757 bits per heavy atom. The molecule has 37 heavy (non-hydrogen) atoms. The lowest BCUT2D eigenvalue weighted by atomic mass is 9.99. The number of nitrogens with zero attached hydrogens (tertiary/aromatic N) is 1. The quantitative estimate of drug-likeness (QED) is 0.336. The zero-order valence-electron chi connectivity index (χ0n) is 20.1. The molecule has 4 rings (SSSR count). The average Bonchev–Trinajstić information content (AvgIpc) is 2.86. The van der Waals surface area contributed by atoms with Gasteiger partial charge in [-0.15, -0.1) is 10.2 Å². The highest BCUT2D eigenvalue weighted by Gasteiger charge is 2.24. The predicted molar refractivity (Wildman–Crippen MR) is 129 cm³/mol. The van der Waals surface area contributed by atoms with Crippen molar-refractivity contribution in [3.05, 3.63) is 103 Å². The molecule has 0 amide bonds. The average molecular weight is 543 g/mol. The summed E-state index contributed by atoms with van der Waals surface area (Å²) >= 11 is 0. The number of hydrogen-bond donors (Lipinski definition) is 1. The van der Waals surface area contributed by atoms with Crippen LogP contribution in [-0.4, -0.2) is 8.42 Å². The number of pyridine rings is 1. The number of hydrogen-bond acceptors (Lipinski definition) is 6. The molecule has 194 valence electrons. The maximum Gasteiger partial charge on any atom is 0.238 e. The van der Waals surface area contributed by atoms with Crippen LogP contribution in [-0.2, 0) is 16.4 Å². The van der Waals surface area contributed by atoms with E-state index in [0.29, 0.717) is 0 Å². The summed E-state index contributed by atoms with van der Waals surface area (Å²) in [7, 11) is -8.68. The van der Waals surface area contributed by atoms with Gasteiger partial charge < -0.3 is 0 Å². The molecule has 0 spiro atoms. The largest absolute Gasteiger partial charge is 0.238 e. The standard InChI is InChI=1S/C27H27N2O2S.ClHO4/c1-2-3-14-25-19-23(21-10-6-4-7-11-21)20-27(22-12-8-5-9-13-22)29(25)24-15-17-26(18-16-24)32(28,30)31;2-1(3,4)5/h4-13,15-20H,2-3,14H2,1H3,(H2,28,30,31);(H,2,3,4,5)/q+1;/p-1. The molecule has 0 aliphatic heterocycles. The summed E-state index contributed by atoms with van der Waals surface area (Å²) in [5.41, 5.74) is 6.56. The number of aromatic nitrogens is 1. The third kappa shape index (κ3) is 8.44. The normalized spacial score (nSPS) is 11.5. The summed E-state index contributed by atoms with van der Waals surface area (Å²) in [6.07, 6.45) is 3.05. The summed E-state index contributed by atoms with van der Waals surface area (Å²) in [6.45, 7) is 2.18. The van der Waals surface area contributed by atoms with Gasteiger partial charge in [0.25, 0.3) is 0 Å². The minimum absolute atomic E-state index is 0.110. The summed E-state index contributed by atoms with van der Waals surface area (Å²) in [5.74, 6) is 0. The first kappa shape index (κ1) is 28.4. The number of rotatable bonds is 7. The number of unbranched alkanes of at least 4 members (excludes halogenated alkanes) is 1. The van der Waals surface area contributed by atoms with Crippen molar-refractivity contribution < 1.29 is 41.9 Å². The Labute approximate surface area is 218 Å². The van der Waals surface area contributed by atoms with Gasteiger partial charge in [0.2, 0.25) is 21.4 Å². The van der Waals surface area contributed by atoms with E-state index in [-0.39, 0.29) is 4.90 Å². The molecular weight excluding hydrogens is 516 g/mol. The Morgan fingerprint density at radius 2 is 1.27 bits per heavy atom. The molecule has 10 heteroatoms. The second-order valence-electron chi connectivity index (χ2n) is 8.21. The summed E-state index contributed by atoms with van der Waals surface area (Å²) < 4.78 is 59.7. The van der Waals surface area contributed by atoms with Crippen LogP contribution in [0.25, 0.3) is 28.1 Å². The molecule has 0 atom stereocenters. The van der Waals surface area contributed by atoms with Crippen LogP contribution in [0.5, 0.6) is 0 Å². The first-order valence-corrected chi connectivity index (χ1v) is 14.2. The number of sulfonamides is 1. The van der Waals surface area contributed by atoms with Crippen LogP contribution in [0.4, 0.5) is 0 Å². The number of benzene rings is 3. The topological polar surface area (TPSA) is 156 Å². The maximum absolute atomic E-state index is 11.7. The molecular formula is C27H27ClN2O6S. The van der Waals surface area contributed by atoms with Crippen LogP contribution in [0, 0.1) is 10.2 Å². The van der Waals surface area contributed by atoms with Crippen LogP contribution in [0.3, 0.4) is 0 Å². The van der Waals surface area contributed by atoms with Gasteiger partial charge in [0.15, 0.2) is 5.69 Å². The Kier molecular flexibility index (Phi) is 9.52. The van der Waals surface area contributed by atoms with Gasteiger partial charge >= 0.3 is 0 Å². The van der Waals surface area contributed by atoms with E-state index >= 15 is 0 Å². The fourth-order valence-electron chi connectivity index (χ4n) is 3.90. The minimum atomic E-state index is -4.94. The van der Waals surface area contributed by atoms with Crippen molar-refractivity contribution in [2.24, 2.45) is 5.14 Å². The molecule has 0 aliphatic rings. The predicted octanol–water partition coefficient (Wildman–Crippen LogP) is 0.531. The van der Waals surface area contributed by atoms with Crippen LogP contribution < -0.4 is 28.3 Å². The van der Waals surface area contributed by atoms with E-state index in [9.17, 15) is 8.42 Å². The van der Waals surface area contributed by atoms with E-state index in [1.807, 2.05) is 36.4 Å². The van der Waals surface area contributed by atoms with Crippen molar-refractivity contribution in [2.75, 3.05) is 0 Å². The van der Waals surface area contributed by atoms with Gasteiger partial charge in [-0.2, -0.15) is 4.57 Å². The van der Waals surface area contributed by atoms with Crippen molar-refractivity contribution in [3.8, 4) is 28.1 Å². The van der Waals surface area contributed by atoms with Gasteiger partial charge in [-0.25, -0.2) is 32.2 Å². The molecule has 0 saturated carbocycles. The lowest BCUT2D eigenvalue weighted by Gasteiger charge is -2.17. The van der Waals surface area contributed by atoms with Gasteiger partial charge in [0.05, 0.1) is 4.90 Å². The first-order chi connectivity index (χ1) is 17.5. The second-order valence-corrected chi connectivity index (χ2v) is 10.5.